The summed E-state index contributed by atoms with van der Waals surface area (Å²) in [6.45, 7) is 2.21. The first-order valence-electron chi connectivity index (χ1n) is 17.8. The molecular weight excluding hydrogens is 451 g/mol. The van der Waals surface area contributed by atoms with Crippen molar-refractivity contribution in [1.82, 2.24) is 0 Å². The molecule has 0 aliphatic heterocycles. The highest BCUT2D eigenvalue weighted by molar-refractivity contribution is 4.85. The number of hydrogen-bond acceptors (Lipinski definition) is 0. The quantitative estimate of drug-likeness (QED) is 0.149. The summed E-state index contributed by atoms with van der Waals surface area (Å²) >= 11 is 0. The first kappa shape index (κ1) is 31.5. The molecule has 0 aromatic heterocycles. The summed E-state index contributed by atoms with van der Waals surface area (Å²) < 4.78 is 12.2. The summed E-state index contributed by atoms with van der Waals surface area (Å²) in [6, 6.07) is 0. The first-order chi connectivity index (χ1) is 18.2. The van der Waals surface area contributed by atoms with Gasteiger partial charge in [-0.15, -0.1) is 0 Å². The van der Waals surface area contributed by atoms with Gasteiger partial charge >= 0.3 is 0 Å². The van der Waals surface area contributed by atoms with Gasteiger partial charge in [0, 0.05) is 0 Å². The van der Waals surface area contributed by atoms with Gasteiger partial charge in [0.15, 0.2) is 0 Å². The molecule has 0 aromatic carbocycles. The van der Waals surface area contributed by atoms with Crippen molar-refractivity contribution in [3.05, 3.63) is 0 Å². The second-order valence-electron chi connectivity index (χ2n) is 14.4. The molecule has 0 unspecified atom stereocenters. The van der Waals surface area contributed by atoms with Crippen LogP contribution in [0.15, 0.2) is 0 Å². The zero-order valence-electron chi connectivity index (χ0n) is 25.4. The Morgan fingerprint density at radius 1 is 0.486 bits per heavy atom. The van der Waals surface area contributed by atoms with Crippen LogP contribution < -0.4 is 0 Å². The molecule has 0 nitrogen and oxygen atoms in total. The predicted octanol–water partition coefficient (Wildman–Crippen LogP) is 12.8. The maximum atomic E-state index is 12.2. The van der Waals surface area contributed by atoms with E-state index in [1.807, 2.05) is 0 Å². The van der Waals surface area contributed by atoms with Crippen molar-refractivity contribution < 1.29 is 4.39 Å². The van der Waals surface area contributed by atoms with Crippen LogP contribution in [0.2, 0.25) is 0 Å². The molecule has 0 N–H and O–H groups in total. The number of alkyl halides is 1. The van der Waals surface area contributed by atoms with E-state index < -0.39 is 0 Å². The van der Waals surface area contributed by atoms with Crippen molar-refractivity contribution in [2.24, 2.45) is 29.1 Å². The summed E-state index contributed by atoms with van der Waals surface area (Å²) in [5, 5.41) is 0. The van der Waals surface area contributed by atoms with Gasteiger partial charge in [-0.25, -0.2) is 0 Å². The van der Waals surface area contributed by atoms with Crippen LogP contribution in [0.3, 0.4) is 0 Å². The fraction of sp³-hybridized carbons (Fsp3) is 1.00. The summed E-state index contributed by atoms with van der Waals surface area (Å²) in [5.74, 6) is 4.13. The molecule has 3 aliphatic carbocycles. The van der Waals surface area contributed by atoms with Gasteiger partial charge in [0.05, 0.1) is 6.67 Å². The van der Waals surface area contributed by atoms with Gasteiger partial charge < -0.3 is 0 Å². The van der Waals surface area contributed by atoms with Crippen molar-refractivity contribution in [2.75, 3.05) is 6.67 Å². The van der Waals surface area contributed by atoms with Gasteiger partial charge in [0.1, 0.15) is 0 Å². The standard InChI is InChI=1S/C36H67F/c1-2-3-4-5-7-11-27-36(28-12-9-13-29-36)30-26-35-24-22-34(23-25-35)21-20-33-18-16-32(17-19-33)15-10-6-8-14-31-37/h32-35H,2-31H2,1H3. The van der Waals surface area contributed by atoms with Gasteiger partial charge in [-0.1, -0.05) is 155 Å². The van der Waals surface area contributed by atoms with E-state index in [2.05, 4.69) is 6.92 Å². The van der Waals surface area contributed by atoms with Gasteiger partial charge in [0.25, 0.3) is 0 Å². The third kappa shape index (κ3) is 12.8. The molecule has 0 atom stereocenters. The monoisotopic (exact) mass is 519 g/mol. The van der Waals surface area contributed by atoms with Gasteiger partial charge in [-0.3, -0.25) is 4.39 Å². The molecule has 0 aromatic rings. The molecule has 0 spiro atoms. The van der Waals surface area contributed by atoms with Crippen LogP contribution in [-0.4, -0.2) is 6.67 Å². The maximum Gasteiger partial charge on any atom is 0.0894 e. The highest BCUT2D eigenvalue weighted by atomic mass is 19.1. The Balaban J connectivity index is 1.24. The minimum Gasteiger partial charge on any atom is -0.251 e. The molecule has 3 rings (SSSR count). The Hall–Kier alpha value is -0.0700. The zero-order valence-corrected chi connectivity index (χ0v) is 25.4. The Kier molecular flexibility index (Phi) is 16.2. The van der Waals surface area contributed by atoms with E-state index in [-0.39, 0.29) is 6.67 Å². The third-order valence-corrected chi connectivity index (χ3v) is 11.5. The average Bonchev–Trinajstić information content (AvgIpc) is 2.94. The molecule has 0 heterocycles. The molecule has 0 saturated heterocycles. The lowest BCUT2D eigenvalue weighted by molar-refractivity contribution is 0.127. The highest BCUT2D eigenvalue weighted by Crippen LogP contribution is 2.47. The van der Waals surface area contributed by atoms with Crippen molar-refractivity contribution in [3.63, 3.8) is 0 Å². The maximum absolute atomic E-state index is 12.2. The van der Waals surface area contributed by atoms with E-state index in [1.54, 1.807) is 57.8 Å². The molecule has 3 fully saturated rings. The van der Waals surface area contributed by atoms with Crippen LogP contribution in [0, 0.1) is 29.1 Å². The first-order valence-corrected chi connectivity index (χ1v) is 17.8. The Labute approximate surface area is 233 Å². The van der Waals surface area contributed by atoms with Crippen molar-refractivity contribution in [3.8, 4) is 0 Å². The van der Waals surface area contributed by atoms with Crippen molar-refractivity contribution >= 4 is 0 Å². The van der Waals surface area contributed by atoms with Gasteiger partial charge in [-0.2, -0.15) is 0 Å². The summed E-state index contributed by atoms with van der Waals surface area (Å²) in [7, 11) is 0. The Morgan fingerprint density at radius 3 is 1.57 bits per heavy atom. The molecule has 0 amide bonds. The summed E-state index contributed by atoms with van der Waals surface area (Å²) in [4.78, 5) is 0. The highest BCUT2D eigenvalue weighted by Gasteiger charge is 2.33. The molecule has 0 radical (unpaired) electrons. The smallest absolute Gasteiger partial charge is 0.0894 e. The van der Waals surface area contributed by atoms with Crippen LogP contribution in [0.1, 0.15) is 193 Å². The largest absolute Gasteiger partial charge is 0.251 e. The average molecular weight is 519 g/mol. The molecule has 218 valence electrons. The van der Waals surface area contributed by atoms with Gasteiger partial charge in [0.2, 0.25) is 0 Å². The molecule has 3 aliphatic rings. The normalized spacial score (nSPS) is 28.4. The van der Waals surface area contributed by atoms with E-state index >= 15 is 0 Å². The van der Waals surface area contributed by atoms with Crippen molar-refractivity contribution in [1.29, 1.82) is 0 Å². The fourth-order valence-corrected chi connectivity index (χ4v) is 8.69. The van der Waals surface area contributed by atoms with E-state index in [1.165, 1.54) is 116 Å². The minimum absolute atomic E-state index is 0.118. The SMILES string of the molecule is CCCCCCCCC1(CCC2CCC(CCC3CCC(CCCCCCF)CC3)CC2)CCCCC1. The molecule has 37 heavy (non-hydrogen) atoms. The number of halogens is 1. The Morgan fingerprint density at radius 2 is 0.973 bits per heavy atom. The van der Waals surface area contributed by atoms with E-state index in [0.717, 1.165) is 41.9 Å². The summed E-state index contributed by atoms with van der Waals surface area (Å²) in [5.41, 5.74) is 0.743. The van der Waals surface area contributed by atoms with Crippen LogP contribution in [-0.2, 0) is 0 Å². The van der Waals surface area contributed by atoms with E-state index in [9.17, 15) is 4.39 Å². The third-order valence-electron chi connectivity index (χ3n) is 11.5. The lowest BCUT2D eigenvalue weighted by Crippen LogP contribution is -2.26. The van der Waals surface area contributed by atoms with Crippen molar-refractivity contribution in [2.45, 2.75) is 193 Å². The molecular formula is C36H67F. The zero-order chi connectivity index (χ0) is 26.0. The minimum atomic E-state index is -0.118. The number of hydrogen-bond donors (Lipinski definition) is 0. The van der Waals surface area contributed by atoms with Crippen LogP contribution in [0.5, 0.6) is 0 Å². The second kappa shape index (κ2) is 19.1. The lowest BCUT2D eigenvalue weighted by Gasteiger charge is -2.40. The molecule has 0 bridgehead atoms. The topological polar surface area (TPSA) is 0 Å². The molecule has 3 saturated carbocycles. The van der Waals surface area contributed by atoms with Gasteiger partial charge in [-0.05, 0) is 67.6 Å². The molecule has 1 heteroatoms. The number of rotatable bonds is 19. The second-order valence-corrected chi connectivity index (χ2v) is 14.4. The number of unbranched alkanes of at least 4 members (excludes halogenated alkanes) is 8. The van der Waals surface area contributed by atoms with Crippen LogP contribution in [0.4, 0.5) is 4.39 Å². The van der Waals surface area contributed by atoms with Crippen LogP contribution in [0.25, 0.3) is 0 Å². The Bertz CT molecular complexity index is 519. The van der Waals surface area contributed by atoms with E-state index in [0.29, 0.717) is 0 Å². The van der Waals surface area contributed by atoms with Crippen LogP contribution >= 0.6 is 0 Å². The lowest BCUT2D eigenvalue weighted by atomic mass is 9.66. The summed E-state index contributed by atoms with van der Waals surface area (Å²) in [6.07, 6.45) is 42.3. The predicted molar refractivity (Wildman–Crippen MR) is 162 cm³/mol. The van der Waals surface area contributed by atoms with E-state index in [4.69, 9.17) is 0 Å². The fourth-order valence-electron chi connectivity index (χ4n) is 8.69.